The number of Topliss-reactive ketones (excluding diaryl/α,β-unsaturated/α-hetero) is 1. The van der Waals surface area contributed by atoms with Crippen LogP contribution in [0.4, 0.5) is 10.1 Å². The normalized spacial score (nSPS) is 17.3. The van der Waals surface area contributed by atoms with E-state index in [0.717, 1.165) is 64.2 Å². The van der Waals surface area contributed by atoms with Crippen LogP contribution in [0.5, 0.6) is 0 Å². The van der Waals surface area contributed by atoms with Gasteiger partial charge >= 0.3 is 0 Å². The molecule has 0 radical (unpaired) electrons. The van der Waals surface area contributed by atoms with Crippen molar-refractivity contribution in [2.24, 2.45) is 10.9 Å². The lowest BCUT2D eigenvalue weighted by molar-refractivity contribution is 0.101. The number of halogens is 2. The second kappa shape index (κ2) is 10.1. The number of ketones is 1. The number of hydrogen-bond donors (Lipinski definition) is 1. The summed E-state index contributed by atoms with van der Waals surface area (Å²) < 4.78 is 15.1. The van der Waals surface area contributed by atoms with Crippen LogP contribution in [0.15, 0.2) is 64.9 Å². The highest BCUT2D eigenvalue weighted by atomic mass is 35.5. The summed E-state index contributed by atoms with van der Waals surface area (Å²) in [6.07, 6.45) is 9.07. The number of aliphatic imine (C=N–C) groups is 1. The molecule has 1 unspecified atom stereocenters. The van der Waals surface area contributed by atoms with Crippen molar-refractivity contribution in [1.82, 2.24) is 0 Å². The molecule has 176 valence electrons. The van der Waals surface area contributed by atoms with Crippen molar-refractivity contribution in [2.75, 3.05) is 5.32 Å². The van der Waals surface area contributed by atoms with Gasteiger partial charge in [-0.2, -0.15) is 0 Å². The zero-order chi connectivity index (χ0) is 24.4. The van der Waals surface area contributed by atoms with Crippen LogP contribution in [0.25, 0.3) is 5.57 Å². The highest BCUT2D eigenvalue weighted by molar-refractivity contribution is 6.31. The summed E-state index contributed by atoms with van der Waals surface area (Å²) in [5.41, 5.74) is 7.83. The minimum Gasteiger partial charge on any atom is -0.354 e. The molecular formula is C29H30ClFN2O. The number of fused-ring (bicyclic) bond motifs is 1. The molecule has 0 saturated heterocycles. The lowest BCUT2D eigenvalue weighted by atomic mass is 9.86. The summed E-state index contributed by atoms with van der Waals surface area (Å²) in [6.45, 7) is 7.73. The molecule has 0 aromatic heterocycles. The summed E-state index contributed by atoms with van der Waals surface area (Å²) in [4.78, 5) is 16.8. The molecule has 1 aliphatic carbocycles. The Kier molecular flexibility index (Phi) is 7.18. The molecule has 1 N–H and O–H groups in total. The summed E-state index contributed by atoms with van der Waals surface area (Å²) in [6, 6.07) is 9.13. The molecule has 0 bridgehead atoms. The highest BCUT2D eigenvalue weighted by Crippen LogP contribution is 2.40. The van der Waals surface area contributed by atoms with Gasteiger partial charge in [-0.15, -0.1) is 0 Å². The van der Waals surface area contributed by atoms with E-state index in [2.05, 4.69) is 24.4 Å². The molecule has 4 rings (SSSR count). The van der Waals surface area contributed by atoms with E-state index >= 15 is 4.39 Å². The van der Waals surface area contributed by atoms with Crippen LogP contribution in [0.3, 0.4) is 0 Å². The summed E-state index contributed by atoms with van der Waals surface area (Å²) >= 11 is 6.44. The molecule has 1 aliphatic heterocycles. The van der Waals surface area contributed by atoms with Crippen molar-refractivity contribution >= 4 is 34.4 Å². The predicted molar refractivity (Wildman–Crippen MR) is 140 cm³/mol. The van der Waals surface area contributed by atoms with Gasteiger partial charge in [0.25, 0.3) is 0 Å². The maximum absolute atomic E-state index is 15.1. The summed E-state index contributed by atoms with van der Waals surface area (Å²) in [5.74, 6) is -0.264. The quantitative estimate of drug-likeness (QED) is 0.412. The number of aryl methyl sites for hydroxylation is 2. The van der Waals surface area contributed by atoms with E-state index in [9.17, 15) is 4.79 Å². The Bertz CT molecular complexity index is 1270. The van der Waals surface area contributed by atoms with Crippen LogP contribution in [0, 0.1) is 11.7 Å². The molecule has 2 aromatic carbocycles. The van der Waals surface area contributed by atoms with Gasteiger partial charge in [0.15, 0.2) is 5.78 Å². The minimum absolute atomic E-state index is 0.0667. The summed E-state index contributed by atoms with van der Waals surface area (Å²) in [7, 11) is 0. The van der Waals surface area contributed by atoms with Crippen LogP contribution in [-0.4, -0.2) is 11.5 Å². The fourth-order valence-corrected chi connectivity index (χ4v) is 5.06. The van der Waals surface area contributed by atoms with Crippen molar-refractivity contribution in [3.05, 3.63) is 93.0 Å². The second-order valence-corrected chi connectivity index (χ2v) is 9.13. The van der Waals surface area contributed by atoms with Crippen molar-refractivity contribution in [2.45, 2.75) is 53.4 Å². The van der Waals surface area contributed by atoms with Gasteiger partial charge in [-0.25, -0.2) is 4.39 Å². The van der Waals surface area contributed by atoms with E-state index < -0.39 is 0 Å². The van der Waals surface area contributed by atoms with Crippen molar-refractivity contribution < 1.29 is 9.18 Å². The van der Waals surface area contributed by atoms with Crippen LogP contribution in [-0.2, 0) is 12.8 Å². The maximum atomic E-state index is 15.1. The number of hydrogen-bond acceptors (Lipinski definition) is 3. The molecule has 1 heterocycles. The van der Waals surface area contributed by atoms with Gasteiger partial charge in [0.1, 0.15) is 5.82 Å². The lowest BCUT2D eigenvalue weighted by Gasteiger charge is -2.21. The smallest absolute Gasteiger partial charge is 0.160 e. The van der Waals surface area contributed by atoms with E-state index in [1.165, 1.54) is 0 Å². The van der Waals surface area contributed by atoms with Crippen LogP contribution in [0.1, 0.15) is 67.6 Å². The zero-order valence-corrected chi connectivity index (χ0v) is 20.9. The Morgan fingerprint density at radius 2 is 1.88 bits per heavy atom. The van der Waals surface area contributed by atoms with Gasteiger partial charge in [0.05, 0.1) is 11.4 Å². The van der Waals surface area contributed by atoms with E-state index in [0.29, 0.717) is 17.0 Å². The topological polar surface area (TPSA) is 41.5 Å². The lowest BCUT2D eigenvalue weighted by Crippen LogP contribution is -2.20. The van der Waals surface area contributed by atoms with Crippen molar-refractivity contribution in [3.63, 3.8) is 0 Å². The molecule has 0 amide bonds. The zero-order valence-electron chi connectivity index (χ0n) is 20.1. The average molecular weight is 477 g/mol. The fourth-order valence-electron chi connectivity index (χ4n) is 4.77. The van der Waals surface area contributed by atoms with Crippen LogP contribution >= 0.6 is 11.6 Å². The number of nitrogens with zero attached hydrogens (tertiary/aromatic N) is 1. The average Bonchev–Trinajstić information content (AvgIpc) is 3.16. The molecule has 0 saturated carbocycles. The van der Waals surface area contributed by atoms with E-state index in [1.54, 1.807) is 25.3 Å². The number of rotatable bonds is 7. The molecule has 2 aromatic rings. The first kappa shape index (κ1) is 24.2. The van der Waals surface area contributed by atoms with E-state index in [-0.39, 0.29) is 17.5 Å². The first-order valence-electron chi connectivity index (χ1n) is 11.9. The molecule has 5 heteroatoms. The fraction of sp³-hybridized carbons (Fsp3) is 0.310. The Balaban J connectivity index is 1.70. The Labute approximate surface area is 206 Å². The van der Waals surface area contributed by atoms with Gasteiger partial charge in [-0.1, -0.05) is 44.5 Å². The molecule has 2 aliphatic rings. The summed E-state index contributed by atoms with van der Waals surface area (Å²) in [5, 5.41) is 4.17. The molecule has 0 spiro atoms. The number of carbonyl (C=O) groups excluding carboxylic acids is 1. The van der Waals surface area contributed by atoms with Gasteiger partial charge in [-0.3, -0.25) is 9.79 Å². The first-order valence-corrected chi connectivity index (χ1v) is 12.3. The number of allylic oxidation sites excluding steroid dienone is 5. The molecule has 1 atom stereocenters. The minimum atomic E-state index is -0.265. The number of anilines is 1. The first-order chi connectivity index (χ1) is 16.4. The third-order valence-corrected chi connectivity index (χ3v) is 7.01. The van der Waals surface area contributed by atoms with Crippen LogP contribution in [0.2, 0.25) is 5.02 Å². The van der Waals surface area contributed by atoms with Gasteiger partial charge in [0.2, 0.25) is 0 Å². The van der Waals surface area contributed by atoms with Gasteiger partial charge in [0, 0.05) is 34.0 Å². The third kappa shape index (κ3) is 4.52. The Hall–Kier alpha value is -2.98. The predicted octanol–water partition coefficient (Wildman–Crippen LogP) is 7.95. The Morgan fingerprint density at radius 3 is 2.56 bits per heavy atom. The van der Waals surface area contributed by atoms with E-state index in [1.807, 2.05) is 32.0 Å². The molecular weight excluding hydrogens is 447 g/mol. The molecule has 0 fully saturated rings. The van der Waals surface area contributed by atoms with E-state index in [4.69, 9.17) is 16.6 Å². The standard InChI is InChI=1S/C29H30ClFN2O/c1-5-18-9-8-10-23-25(24-15-26(30)20(7-3)14-27(24)31)16-32-29(23)28(18)33-21-11-12-22(17(4)34)19(6-2)13-21/h8-9,11-16,23,33H,5-7,10H2,1-4H3. The third-order valence-electron chi connectivity index (χ3n) is 6.66. The van der Waals surface area contributed by atoms with Gasteiger partial charge in [-0.05, 0) is 85.2 Å². The van der Waals surface area contributed by atoms with Crippen molar-refractivity contribution in [3.8, 4) is 0 Å². The van der Waals surface area contributed by atoms with Gasteiger partial charge < -0.3 is 5.32 Å². The molecule has 34 heavy (non-hydrogen) atoms. The Morgan fingerprint density at radius 1 is 1.12 bits per heavy atom. The van der Waals surface area contributed by atoms with Crippen LogP contribution < -0.4 is 5.32 Å². The maximum Gasteiger partial charge on any atom is 0.160 e. The highest BCUT2D eigenvalue weighted by Gasteiger charge is 2.32. The number of carbonyl (C=O) groups is 1. The largest absolute Gasteiger partial charge is 0.354 e. The number of benzene rings is 2. The van der Waals surface area contributed by atoms with Crippen molar-refractivity contribution in [1.29, 1.82) is 0 Å². The second-order valence-electron chi connectivity index (χ2n) is 8.73. The molecule has 3 nitrogen and oxygen atoms in total. The number of nitrogens with one attached hydrogen (secondary N) is 1. The SMILES string of the molecule is CCC1=C(Nc2ccc(C(C)=O)c(CC)c2)C2=NC=C(c3cc(Cl)c(CC)cc3F)C2CC=C1. The monoisotopic (exact) mass is 476 g/mol.